The van der Waals surface area contributed by atoms with Crippen LogP contribution >= 0.6 is 0 Å². The van der Waals surface area contributed by atoms with Gasteiger partial charge in [0.25, 0.3) is 0 Å². The van der Waals surface area contributed by atoms with Gasteiger partial charge in [-0.05, 0) is 17.7 Å². The van der Waals surface area contributed by atoms with Crippen LogP contribution in [0.5, 0.6) is 5.75 Å². The van der Waals surface area contributed by atoms with Gasteiger partial charge in [0.1, 0.15) is 17.6 Å². The maximum Gasteiger partial charge on any atom is 0.141 e. The summed E-state index contributed by atoms with van der Waals surface area (Å²) in [5.74, 6) is 0.251. The molecule has 0 saturated heterocycles. The topological polar surface area (TPSA) is 59.0 Å². The van der Waals surface area contributed by atoms with Gasteiger partial charge in [-0.15, -0.1) is 0 Å². The van der Waals surface area contributed by atoms with Crippen LogP contribution in [0.3, 0.4) is 0 Å². The number of fused-ring (bicyclic) bond motifs is 1. The highest BCUT2D eigenvalue weighted by molar-refractivity contribution is 6.00. The molecule has 3 aromatic carbocycles. The lowest BCUT2D eigenvalue weighted by Gasteiger charge is -2.13. The van der Waals surface area contributed by atoms with E-state index in [1.54, 1.807) is 55.6 Å². The van der Waals surface area contributed by atoms with E-state index in [4.69, 9.17) is 10.5 Å². The van der Waals surface area contributed by atoms with Crippen molar-refractivity contribution in [1.82, 2.24) is 0 Å². The molecule has 0 unspecified atom stereocenters. The van der Waals surface area contributed by atoms with E-state index in [-0.39, 0.29) is 11.3 Å². The molecule has 0 heterocycles. The Morgan fingerprint density at radius 3 is 2.27 bits per heavy atom. The summed E-state index contributed by atoms with van der Waals surface area (Å²) in [7, 11) is 1.56. The summed E-state index contributed by atoms with van der Waals surface area (Å²) in [4.78, 5) is 0. The fourth-order valence-electron chi connectivity index (χ4n) is 2.58. The van der Waals surface area contributed by atoms with Gasteiger partial charge in [0, 0.05) is 16.3 Å². The van der Waals surface area contributed by atoms with Crippen LogP contribution in [0.15, 0.2) is 48.5 Å². The molecular weight excluding hydrogens is 279 g/mol. The minimum Gasteiger partial charge on any atom is -0.497 e. The molecule has 0 aromatic heterocycles. The molecule has 0 atom stereocenters. The number of nitrogen functional groups attached to an aromatic ring is 1. The summed E-state index contributed by atoms with van der Waals surface area (Å²) in [5.41, 5.74) is 7.38. The molecule has 0 radical (unpaired) electrons. The predicted molar refractivity (Wildman–Crippen MR) is 85.0 cm³/mol. The van der Waals surface area contributed by atoms with Crippen molar-refractivity contribution in [3.8, 4) is 22.9 Å². The molecule has 4 heteroatoms. The maximum atomic E-state index is 14.9. The average molecular weight is 292 g/mol. The Labute approximate surface area is 127 Å². The van der Waals surface area contributed by atoms with Crippen molar-refractivity contribution in [2.24, 2.45) is 0 Å². The van der Waals surface area contributed by atoms with E-state index >= 15 is 0 Å². The number of anilines is 1. The van der Waals surface area contributed by atoms with E-state index in [2.05, 4.69) is 6.07 Å². The highest BCUT2D eigenvalue weighted by Gasteiger charge is 2.18. The quantitative estimate of drug-likeness (QED) is 0.723. The number of benzene rings is 3. The molecule has 0 amide bonds. The molecule has 3 nitrogen and oxygen atoms in total. The van der Waals surface area contributed by atoms with Gasteiger partial charge in [0.2, 0.25) is 0 Å². The Morgan fingerprint density at radius 2 is 1.68 bits per heavy atom. The second kappa shape index (κ2) is 5.38. The number of nitrogens with zero attached hydrogens (tertiary/aromatic N) is 1. The van der Waals surface area contributed by atoms with Gasteiger partial charge in [-0.2, -0.15) is 5.26 Å². The number of hydrogen-bond donors (Lipinski definition) is 1. The van der Waals surface area contributed by atoms with Gasteiger partial charge >= 0.3 is 0 Å². The lowest BCUT2D eigenvalue weighted by Crippen LogP contribution is -2.00. The Morgan fingerprint density at radius 1 is 1.05 bits per heavy atom. The van der Waals surface area contributed by atoms with Crippen molar-refractivity contribution < 1.29 is 9.13 Å². The smallest absolute Gasteiger partial charge is 0.141 e. The zero-order chi connectivity index (χ0) is 15.7. The molecule has 0 aliphatic carbocycles. The molecule has 0 aliphatic heterocycles. The van der Waals surface area contributed by atoms with Crippen LogP contribution in [0.4, 0.5) is 10.1 Å². The molecule has 0 bridgehead atoms. The molecule has 108 valence electrons. The van der Waals surface area contributed by atoms with Crippen molar-refractivity contribution in [1.29, 1.82) is 5.26 Å². The van der Waals surface area contributed by atoms with Gasteiger partial charge in [0.05, 0.1) is 18.4 Å². The van der Waals surface area contributed by atoms with Crippen LogP contribution in [0.2, 0.25) is 0 Å². The van der Waals surface area contributed by atoms with Gasteiger partial charge in [-0.1, -0.05) is 36.4 Å². The molecule has 0 spiro atoms. The molecular formula is C18H13FN2O. The van der Waals surface area contributed by atoms with Crippen LogP contribution in [0.25, 0.3) is 21.9 Å². The van der Waals surface area contributed by atoms with Crippen LogP contribution in [-0.2, 0) is 0 Å². The monoisotopic (exact) mass is 292 g/mol. The molecule has 3 rings (SSSR count). The number of ether oxygens (including phenoxy) is 1. The fourth-order valence-corrected chi connectivity index (χ4v) is 2.58. The minimum atomic E-state index is -0.419. The van der Waals surface area contributed by atoms with E-state index in [9.17, 15) is 9.65 Å². The van der Waals surface area contributed by atoms with Gasteiger partial charge < -0.3 is 10.5 Å². The molecule has 2 N–H and O–H groups in total. The first-order valence-corrected chi connectivity index (χ1v) is 6.71. The van der Waals surface area contributed by atoms with Crippen molar-refractivity contribution in [3.63, 3.8) is 0 Å². The average Bonchev–Trinajstić information content (AvgIpc) is 2.56. The number of hydrogen-bond acceptors (Lipinski definition) is 3. The second-order valence-corrected chi connectivity index (χ2v) is 4.86. The van der Waals surface area contributed by atoms with Crippen molar-refractivity contribution in [3.05, 3.63) is 59.9 Å². The summed E-state index contributed by atoms with van der Waals surface area (Å²) in [6.45, 7) is 0. The zero-order valence-corrected chi connectivity index (χ0v) is 11.9. The van der Waals surface area contributed by atoms with Crippen LogP contribution in [-0.4, -0.2) is 7.11 Å². The number of nitriles is 1. The fraction of sp³-hybridized carbons (Fsp3) is 0.0556. The van der Waals surface area contributed by atoms with Gasteiger partial charge in [-0.25, -0.2) is 4.39 Å². The lowest BCUT2D eigenvalue weighted by molar-refractivity contribution is 0.415. The third-order valence-electron chi connectivity index (χ3n) is 3.68. The number of halogens is 1. The lowest BCUT2D eigenvalue weighted by atomic mass is 9.94. The minimum absolute atomic E-state index is 0.156. The number of rotatable bonds is 2. The van der Waals surface area contributed by atoms with Crippen LogP contribution in [0, 0.1) is 17.1 Å². The van der Waals surface area contributed by atoms with Crippen molar-refractivity contribution in [2.75, 3.05) is 12.8 Å². The van der Waals surface area contributed by atoms with Crippen LogP contribution < -0.4 is 10.5 Å². The Balaban J connectivity index is 2.36. The van der Waals surface area contributed by atoms with E-state index in [0.717, 1.165) is 0 Å². The number of nitrogens with two attached hydrogens (primary N) is 1. The zero-order valence-electron chi connectivity index (χ0n) is 11.9. The molecule has 0 saturated carbocycles. The third-order valence-corrected chi connectivity index (χ3v) is 3.68. The summed E-state index contributed by atoms with van der Waals surface area (Å²) < 4.78 is 20.0. The second-order valence-electron chi connectivity index (χ2n) is 4.86. The highest BCUT2D eigenvalue weighted by atomic mass is 19.1. The molecule has 3 aromatic rings. The first-order chi connectivity index (χ1) is 10.7. The van der Waals surface area contributed by atoms with Crippen molar-refractivity contribution >= 4 is 16.5 Å². The normalized spacial score (nSPS) is 10.4. The third kappa shape index (κ3) is 2.04. The van der Waals surface area contributed by atoms with Gasteiger partial charge in [-0.3, -0.25) is 0 Å². The van der Waals surface area contributed by atoms with Crippen molar-refractivity contribution in [2.45, 2.75) is 0 Å². The van der Waals surface area contributed by atoms with E-state index in [1.165, 1.54) is 0 Å². The SMILES string of the molecule is COc1ccc(-c2c(N)c(C#N)c3ccccc3c2F)cc1. The van der Waals surface area contributed by atoms with E-state index in [1.807, 2.05) is 0 Å². The molecule has 0 fully saturated rings. The number of methoxy groups -OCH3 is 1. The first kappa shape index (κ1) is 13.9. The largest absolute Gasteiger partial charge is 0.497 e. The Kier molecular flexibility index (Phi) is 3.40. The summed E-state index contributed by atoms with van der Waals surface area (Å²) >= 11 is 0. The summed E-state index contributed by atoms with van der Waals surface area (Å²) in [6, 6.07) is 15.8. The highest BCUT2D eigenvalue weighted by Crippen LogP contribution is 2.38. The Hall–Kier alpha value is -3.06. The van der Waals surface area contributed by atoms with Gasteiger partial charge in [0.15, 0.2) is 0 Å². The first-order valence-electron chi connectivity index (χ1n) is 6.71. The van der Waals surface area contributed by atoms with Crippen LogP contribution in [0.1, 0.15) is 5.56 Å². The molecule has 0 aliphatic rings. The summed E-state index contributed by atoms with van der Waals surface area (Å²) in [6.07, 6.45) is 0. The maximum absolute atomic E-state index is 14.9. The standard InChI is InChI=1S/C18H13FN2O/c1-22-12-8-6-11(7-9-12)16-17(19)14-5-3-2-4-13(14)15(10-20)18(16)21/h2-9H,21H2,1H3. The summed E-state index contributed by atoms with van der Waals surface area (Å²) in [5, 5.41) is 10.3. The van der Waals surface area contributed by atoms with E-state index < -0.39 is 5.82 Å². The Bertz CT molecular complexity index is 896. The van der Waals surface area contributed by atoms with E-state index in [0.29, 0.717) is 27.6 Å². The molecule has 22 heavy (non-hydrogen) atoms. The predicted octanol–water partition coefficient (Wildman–Crippen LogP) is 4.11.